The van der Waals surface area contributed by atoms with Gasteiger partial charge in [-0.15, -0.1) is 0 Å². The maximum Gasteiger partial charge on any atom is 0.0702 e. The molecule has 2 heteroatoms. The summed E-state index contributed by atoms with van der Waals surface area (Å²) < 4.78 is 5.86. The molecule has 1 rings (SSSR count). The summed E-state index contributed by atoms with van der Waals surface area (Å²) in [7, 11) is 0. The van der Waals surface area contributed by atoms with Gasteiger partial charge in [0.15, 0.2) is 0 Å². The van der Waals surface area contributed by atoms with Crippen LogP contribution < -0.4 is 0 Å². The van der Waals surface area contributed by atoms with Crippen molar-refractivity contribution >= 4 is 0 Å². The topological polar surface area (TPSA) is 12.5 Å². The highest BCUT2D eigenvalue weighted by atomic mass is 16.5. The zero-order valence-electron chi connectivity index (χ0n) is 9.96. The number of unbranched alkanes of at least 4 members (excludes halogenated alkanes) is 1. The van der Waals surface area contributed by atoms with E-state index in [0.29, 0.717) is 12.1 Å². The largest absolute Gasteiger partial charge is 0.377 e. The molecule has 0 amide bonds. The van der Waals surface area contributed by atoms with Gasteiger partial charge in [0.05, 0.1) is 6.10 Å². The first-order chi connectivity index (χ1) is 6.74. The molecule has 1 atom stereocenters. The van der Waals surface area contributed by atoms with Crippen molar-refractivity contribution in [3.63, 3.8) is 0 Å². The standard InChI is InChI=1S/C12H25NO/c1-4-5-9-14-12-7-6-8-13(10-12)11(2)3/h11-12H,4-10H2,1-3H3. The molecule has 1 saturated heterocycles. The molecular weight excluding hydrogens is 174 g/mol. The molecule has 0 spiro atoms. The summed E-state index contributed by atoms with van der Waals surface area (Å²) in [5.41, 5.74) is 0. The molecule has 0 aromatic rings. The van der Waals surface area contributed by atoms with Crippen molar-refractivity contribution < 1.29 is 4.74 Å². The van der Waals surface area contributed by atoms with Crippen LogP contribution in [0.25, 0.3) is 0 Å². The van der Waals surface area contributed by atoms with E-state index in [4.69, 9.17) is 4.74 Å². The molecule has 0 N–H and O–H groups in total. The number of ether oxygens (including phenoxy) is 1. The maximum absolute atomic E-state index is 5.86. The van der Waals surface area contributed by atoms with E-state index < -0.39 is 0 Å². The molecule has 84 valence electrons. The second-order valence-electron chi connectivity index (χ2n) is 4.58. The van der Waals surface area contributed by atoms with Crippen LogP contribution in [0.5, 0.6) is 0 Å². The minimum absolute atomic E-state index is 0.498. The second kappa shape index (κ2) is 6.41. The van der Waals surface area contributed by atoms with Crippen LogP contribution in [0.3, 0.4) is 0 Å². The molecule has 1 unspecified atom stereocenters. The van der Waals surface area contributed by atoms with E-state index in [1.165, 1.54) is 32.2 Å². The molecule has 1 aliphatic heterocycles. The van der Waals surface area contributed by atoms with Crippen LogP contribution in [0.15, 0.2) is 0 Å². The van der Waals surface area contributed by atoms with Crippen molar-refractivity contribution in [2.24, 2.45) is 0 Å². The molecule has 0 aromatic carbocycles. The van der Waals surface area contributed by atoms with Crippen LogP contribution in [-0.2, 0) is 4.74 Å². The Hall–Kier alpha value is -0.0800. The van der Waals surface area contributed by atoms with E-state index in [9.17, 15) is 0 Å². The average molecular weight is 199 g/mol. The van der Waals surface area contributed by atoms with E-state index >= 15 is 0 Å². The van der Waals surface area contributed by atoms with Crippen molar-refractivity contribution in [3.05, 3.63) is 0 Å². The summed E-state index contributed by atoms with van der Waals surface area (Å²) in [6.45, 7) is 10.1. The SMILES string of the molecule is CCCCOC1CCCN(C(C)C)C1. The number of hydrogen-bond donors (Lipinski definition) is 0. The lowest BCUT2D eigenvalue weighted by atomic mass is 10.1. The minimum atomic E-state index is 0.498. The van der Waals surface area contributed by atoms with Crippen molar-refractivity contribution in [1.82, 2.24) is 4.90 Å². The zero-order valence-corrected chi connectivity index (χ0v) is 9.96. The lowest BCUT2D eigenvalue weighted by Gasteiger charge is -2.35. The van der Waals surface area contributed by atoms with Gasteiger partial charge in [-0.05, 0) is 39.7 Å². The van der Waals surface area contributed by atoms with Gasteiger partial charge in [-0.3, -0.25) is 4.90 Å². The molecule has 0 bridgehead atoms. The zero-order chi connectivity index (χ0) is 10.4. The van der Waals surface area contributed by atoms with Crippen molar-refractivity contribution in [2.45, 2.75) is 58.6 Å². The van der Waals surface area contributed by atoms with Gasteiger partial charge in [-0.25, -0.2) is 0 Å². The van der Waals surface area contributed by atoms with Gasteiger partial charge in [0, 0.05) is 19.2 Å². The van der Waals surface area contributed by atoms with Crippen LogP contribution in [0.1, 0.15) is 46.5 Å². The molecule has 2 nitrogen and oxygen atoms in total. The Bertz CT molecular complexity index is 147. The number of rotatable bonds is 5. The summed E-state index contributed by atoms with van der Waals surface area (Å²) in [5, 5.41) is 0. The van der Waals surface area contributed by atoms with Gasteiger partial charge in [0.25, 0.3) is 0 Å². The first-order valence-corrected chi connectivity index (χ1v) is 6.09. The first kappa shape index (κ1) is 12.0. The lowest BCUT2D eigenvalue weighted by Crippen LogP contribution is -2.43. The minimum Gasteiger partial charge on any atom is -0.377 e. The Labute approximate surface area is 88.6 Å². The molecule has 1 fully saturated rings. The van der Waals surface area contributed by atoms with Gasteiger partial charge >= 0.3 is 0 Å². The highest BCUT2D eigenvalue weighted by Crippen LogP contribution is 2.15. The van der Waals surface area contributed by atoms with E-state index in [0.717, 1.165) is 13.2 Å². The fourth-order valence-corrected chi connectivity index (χ4v) is 1.97. The fourth-order valence-electron chi connectivity index (χ4n) is 1.97. The van der Waals surface area contributed by atoms with Crippen LogP contribution >= 0.6 is 0 Å². The third-order valence-electron chi connectivity index (χ3n) is 2.99. The predicted molar refractivity (Wildman–Crippen MR) is 60.6 cm³/mol. The second-order valence-corrected chi connectivity index (χ2v) is 4.58. The smallest absolute Gasteiger partial charge is 0.0702 e. The third-order valence-corrected chi connectivity index (χ3v) is 2.99. The number of nitrogens with zero attached hydrogens (tertiary/aromatic N) is 1. The Morgan fingerprint density at radius 3 is 2.86 bits per heavy atom. The summed E-state index contributed by atoms with van der Waals surface area (Å²) in [6, 6.07) is 0.674. The lowest BCUT2D eigenvalue weighted by molar-refractivity contribution is -0.00956. The summed E-state index contributed by atoms with van der Waals surface area (Å²) in [6.07, 6.45) is 5.50. The van der Waals surface area contributed by atoms with Crippen LogP contribution in [0, 0.1) is 0 Å². The van der Waals surface area contributed by atoms with E-state index in [1.54, 1.807) is 0 Å². The van der Waals surface area contributed by atoms with Gasteiger partial charge in [0.1, 0.15) is 0 Å². The van der Waals surface area contributed by atoms with Crippen LogP contribution in [-0.4, -0.2) is 36.7 Å². The van der Waals surface area contributed by atoms with Gasteiger partial charge in [0.2, 0.25) is 0 Å². The van der Waals surface area contributed by atoms with E-state index in [1.807, 2.05) is 0 Å². The summed E-state index contributed by atoms with van der Waals surface area (Å²) in [4.78, 5) is 2.53. The summed E-state index contributed by atoms with van der Waals surface area (Å²) >= 11 is 0. The highest BCUT2D eigenvalue weighted by molar-refractivity contribution is 4.75. The quantitative estimate of drug-likeness (QED) is 0.631. The molecule has 0 saturated carbocycles. The predicted octanol–water partition coefficient (Wildman–Crippen LogP) is 2.68. The summed E-state index contributed by atoms with van der Waals surface area (Å²) in [5.74, 6) is 0. The van der Waals surface area contributed by atoms with Crippen molar-refractivity contribution in [3.8, 4) is 0 Å². The van der Waals surface area contributed by atoms with Gasteiger partial charge < -0.3 is 4.74 Å². The monoisotopic (exact) mass is 199 g/mol. The van der Waals surface area contributed by atoms with Crippen LogP contribution in [0.2, 0.25) is 0 Å². The van der Waals surface area contributed by atoms with E-state index in [2.05, 4.69) is 25.7 Å². The normalized spacial score (nSPS) is 24.4. The van der Waals surface area contributed by atoms with Crippen molar-refractivity contribution in [1.29, 1.82) is 0 Å². The number of likely N-dealkylation sites (tertiary alicyclic amines) is 1. The average Bonchev–Trinajstić information content (AvgIpc) is 2.19. The fraction of sp³-hybridized carbons (Fsp3) is 1.00. The highest BCUT2D eigenvalue weighted by Gasteiger charge is 2.21. The molecule has 1 heterocycles. The molecular formula is C12H25NO. The number of piperidine rings is 1. The Kier molecular flexibility index (Phi) is 5.49. The molecule has 0 radical (unpaired) electrons. The Balaban J connectivity index is 2.19. The van der Waals surface area contributed by atoms with Gasteiger partial charge in [-0.1, -0.05) is 13.3 Å². The van der Waals surface area contributed by atoms with Gasteiger partial charge in [-0.2, -0.15) is 0 Å². The third kappa shape index (κ3) is 3.97. The molecule has 0 aromatic heterocycles. The van der Waals surface area contributed by atoms with Crippen molar-refractivity contribution in [2.75, 3.05) is 19.7 Å². The Morgan fingerprint density at radius 1 is 1.43 bits per heavy atom. The molecule has 14 heavy (non-hydrogen) atoms. The van der Waals surface area contributed by atoms with Crippen LogP contribution in [0.4, 0.5) is 0 Å². The molecule has 1 aliphatic rings. The maximum atomic E-state index is 5.86. The first-order valence-electron chi connectivity index (χ1n) is 6.09. The number of hydrogen-bond acceptors (Lipinski definition) is 2. The molecule has 0 aliphatic carbocycles. The Morgan fingerprint density at radius 2 is 2.21 bits per heavy atom. The van der Waals surface area contributed by atoms with E-state index in [-0.39, 0.29) is 0 Å².